The summed E-state index contributed by atoms with van der Waals surface area (Å²) in [4.78, 5) is 0. The van der Waals surface area contributed by atoms with Crippen LogP contribution in [0.15, 0.2) is 30.3 Å². The van der Waals surface area contributed by atoms with Gasteiger partial charge >= 0.3 is 0 Å². The lowest BCUT2D eigenvalue weighted by molar-refractivity contribution is 0.488. The molecule has 1 radical (unpaired) electrons. The van der Waals surface area contributed by atoms with Crippen LogP contribution in [0, 0.1) is 5.92 Å². The Morgan fingerprint density at radius 2 is 1.80 bits per heavy atom. The number of hydrogen-bond acceptors (Lipinski definition) is 0. The average Bonchev–Trinajstić information content (AvgIpc) is 2.69. The van der Waals surface area contributed by atoms with Gasteiger partial charge in [0.15, 0.2) is 0 Å². The molecule has 1 unspecified atom stereocenters. The first-order valence-corrected chi connectivity index (χ1v) is 3.43. The summed E-state index contributed by atoms with van der Waals surface area (Å²) in [6.07, 6.45) is -0.00769. The predicted molar refractivity (Wildman–Crippen MR) is 38.3 cm³/mol. The minimum atomic E-state index is -0.651. The van der Waals surface area contributed by atoms with Gasteiger partial charge in [0.05, 0.1) is 0 Å². The van der Waals surface area contributed by atoms with Crippen LogP contribution in [-0.2, 0) is 0 Å². The third kappa shape index (κ3) is 0.919. The topological polar surface area (TPSA) is 0 Å². The van der Waals surface area contributed by atoms with E-state index in [1.807, 2.05) is 30.3 Å². The van der Waals surface area contributed by atoms with Gasteiger partial charge < -0.3 is 0 Å². The Bertz CT molecular complexity index is 217. The van der Waals surface area contributed by atoms with E-state index in [-0.39, 0.29) is 0 Å². The maximum absolute atomic E-state index is 12.4. The monoisotopic (exact) mass is 135 g/mol. The van der Waals surface area contributed by atoms with Crippen molar-refractivity contribution in [3.8, 4) is 0 Å². The molecule has 2 rings (SSSR count). The fourth-order valence-electron chi connectivity index (χ4n) is 1.09. The molecule has 0 N–H and O–H groups in total. The highest BCUT2D eigenvalue weighted by Crippen LogP contribution is 2.41. The minimum absolute atomic E-state index is 0.643. The standard InChI is InChI=1S/C9H8F/c10-9-6-8(9)7-4-2-1-3-5-7/h1-5,9H,6H2. The third-order valence-electron chi connectivity index (χ3n) is 1.76. The van der Waals surface area contributed by atoms with Crippen molar-refractivity contribution in [1.82, 2.24) is 0 Å². The molecule has 1 heteroatoms. The lowest BCUT2D eigenvalue weighted by atomic mass is 10.1. The molecule has 0 aromatic heterocycles. The van der Waals surface area contributed by atoms with E-state index in [9.17, 15) is 4.39 Å². The van der Waals surface area contributed by atoms with E-state index in [1.165, 1.54) is 0 Å². The van der Waals surface area contributed by atoms with Crippen molar-refractivity contribution >= 4 is 0 Å². The Morgan fingerprint density at radius 3 is 2.30 bits per heavy atom. The zero-order chi connectivity index (χ0) is 6.97. The fourth-order valence-corrected chi connectivity index (χ4v) is 1.09. The number of benzene rings is 1. The van der Waals surface area contributed by atoms with Crippen LogP contribution in [0.2, 0.25) is 0 Å². The molecule has 1 saturated carbocycles. The number of hydrogen-bond donors (Lipinski definition) is 0. The number of alkyl halides is 1. The van der Waals surface area contributed by atoms with Gasteiger partial charge in [0.1, 0.15) is 6.17 Å². The molecule has 0 amide bonds. The van der Waals surface area contributed by atoms with E-state index in [2.05, 4.69) is 0 Å². The molecular weight excluding hydrogens is 127 g/mol. The summed E-state index contributed by atoms with van der Waals surface area (Å²) in [6, 6.07) is 9.73. The van der Waals surface area contributed by atoms with Gasteiger partial charge in [-0.3, -0.25) is 0 Å². The van der Waals surface area contributed by atoms with Gasteiger partial charge in [-0.2, -0.15) is 0 Å². The summed E-state index contributed by atoms with van der Waals surface area (Å²) < 4.78 is 12.4. The fraction of sp³-hybridized carbons (Fsp3) is 0.222. The Hall–Kier alpha value is -0.850. The lowest BCUT2D eigenvalue weighted by Crippen LogP contribution is -1.80. The van der Waals surface area contributed by atoms with Crippen molar-refractivity contribution in [3.63, 3.8) is 0 Å². The molecule has 51 valence electrons. The molecule has 0 bridgehead atoms. The van der Waals surface area contributed by atoms with Crippen LogP contribution in [0.25, 0.3) is 0 Å². The second-order valence-electron chi connectivity index (χ2n) is 2.56. The summed E-state index contributed by atoms with van der Waals surface area (Å²) in [7, 11) is 0. The van der Waals surface area contributed by atoms with Crippen molar-refractivity contribution in [2.24, 2.45) is 0 Å². The van der Waals surface area contributed by atoms with Gasteiger partial charge in [-0.25, -0.2) is 4.39 Å². The first-order valence-electron chi connectivity index (χ1n) is 3.43. The van der Waals surface area contributed by atoms with Gasteiger partial charge in [0.25, 0.3) is 0 Å². The van der Waals surface area contributed by atoms with Crippen molar-refractivity contribution in [3.05, 3.63) is 41.8 Å². The van der Waals surface area contributed by atoms with Gasteiger partial charge in [0.2, 0.25) is 0 Å². The molecule has 1 aliphatic rings. The van der Waals surface area contributed by atoms with Crippen LogP contribution in [0.1, 0.15) is 12.0 Å². The first kappa shape index (κ1) is 5.90. The van der Waals surface area contributed by atoms with E-state index < -0.39 is 6.17 Å². The van der Waals surface area contributed by atoms with E-state index in [4.69, 9.17) is 0 Å². The summed E-state index contributed by atoms with van der Waals surface area (Å²) in [6.45, 7) is 0. The van der Waals surface area contributed by atoms with Crippen LogP contribution < -0.4 is 0 Å². The Labute approximate surface area is 59.7 Å². The zero-order valence-corrected chi connectivity index (χ0v) is 5.55. The first-order chi connectivity index (χ1) is 4.88. The average molecular weight is 135 g/mol. The van der Waals surface area contributed by atoms with E-state index in [1.54, 1.807) is 0 Å². The lowest BCUT2D eigenvalue weighted by Gasteiger charge is -1.92. The van der Waals surface area contributed by atoms with Crippen LogP contribution in [0.4, 0.5) is 4.39 Å². The molecular formula is C9H8F. The van der Waals surface area contributed by atoms with Crippen molar-refractivity contribution in [2.75, 3.05) is 0 Å². The zero-order valence-electron chi connectivity index (χ0n) is 5.55. The largest absolute Gasteiger partial charge is 0.246 e. The molecule has 1 aromatic carbocycles. The Kier molecular flexibility index (Phi) is 1.23. The molecule has 0 nitrogen and oxygen atoms in total. The summed E-state index contributed by atoms with van der Waals surface area (Å²) >= 11 is 0. The summed E-state index contributed by atoms with van der Waals surface area (Å²) in [5, 5.41) is 0. The molecule has 1 aliphatic carbocycles. The van der Waals surface area contributed by atoms with Crippen LogP contribution in [0.3, 0.4) is 0 Å². The number of rotatable bonds is 1. The van der Waals surface area contributed by atoms with Gasteiger partial charge in [-0.05, 0) is 12.0 Å². The molecule has 1 atom stereocenters. The van der Waals surface area contributed by atoms with Crippen LogP contribution in [0.5, 0.6) is 0 Å². The quantitative estimate of drug-likeness (QED) is 0.554. The molecule has 0 heterocycles. The highest BCUT2D eigenvalue weighted by molar-refractivity contribution is 5.41. The van der Waals surface area contributed by atoms with Crippen LogP contribution >= 0.6 is 0 Å². The van der Waals surface area contributed by atoms with Crippen molar-refractivity contribution in [1.29, 1.82) is 0 Å². The van der Waals surface area contributed by atoms with E-state index >= 15 is 0 Å². The SMILES string of the molecule is FC1C[C]1c1ccccc1. The highest BCUT2D eigenvalue weighted by atomic mass is 19.1. The predicted octanol–water partition coefficient (Wildman–Crippen LogP) is 2.35. The highest BCUT2D eigenvalue weighted by Gasteiger charge is 2.39. The van der Waals surface area contributed by atoms with Crippen molar-refractivity contribution in [2.45, 2.75) is 12.6 Å². The van der Waals surface area contributed by atoms with E-state index in [0.29, 0.717) is 6.42 Å². The Morgan fingerprint density at radius 1 is 1.20 bits per heavy atom. The summed E-state index contributed by atoms with van der Waals surface area (Å²) in [5.74, 6) is 0.959. The van der Waals surface area contributed by atoms with E-state index in [0.717, 1.165) is 11.5 Å². The molecule has 0 aliphatic heterocycles. The second kappa shape index (κ2) is 2.08. The smallest absolute Gasteiger partial charge is 0.112 e. The summed E-state index contributed by atoms with van der Waals surface area (Å²) in [5.41, 5.74) is 1.06. The van der Waals surface area contributed by atoms with Crippen LogP contribution in [-0.4, -0.2) is 6.17 Å². The molecule has 10 heavy (non-hydrogen) atoms. The minimum Gasteiger partial charge on any atom is -0.246 e. The van der Waals surface area contributed by atoms with Gasteiger partial charge in [-0.1, -0.05) is 30.3 Å². The maximum atomic E-state index is 12.4. The third-order valence-corrected chi connectivity index (χ3v) is 1.76. The molecule has 0 spiro atoms. The van der Waals surface area contributed by atoms with Gasteiger partial charge in [-0.15, -0.1) is 0 Å². The van der Waals surface area contributed by atoms with Crippen molar-refractivity contribution < 1.29 is 4.39 Å². The molecule has 1 fully saturated rings. The molecule has 1 aromatic rings. The maximum Gasteiger partial charge on any atom is 0.112 e. The Balaban J connectivity index is 2.20. The van der Waals surface area contributed by atoms with Gasteiger partial charge in [0, 0.05) is 5.92 Å². The number of halogens is 1. The second-order valence-corrected chi connectivity index (χ2v) is 2.56. The normalized spacial score (nSPS) is 24.7. The molecule has 0 saturated heterocycles.